The maximum absolute atomic E-state index is 14.1. The molecule has 0 fully saturated rings. The van der Waals surface area contributed by atoms with E-state index in [0.29, 0.717) is 70.1 Å². The van der Waals surface area contributed by atoms with Crippen molar-refractivity contribution in [2.24, 2.45) is 10.9 Å². The molecular formula is C56H59N5O8S. The van der Waals surface area contributed by atoms with Crippen molar-refractivity contribution in [2.75, 3.05) is 22.2 Å². The number of para-hydroxylation sites is 2. The number of Topliss-reactive ketones (excluding diaryl/α,β-unsaturated/α-hetero) is 1. The van der Waals surface area contributed by atoms with E-state index < -0.39 is 12.0 Å². The number of ketones is 1. The Morgan fingerprint density at radius 1 is 0.800 bits per heavy atom. The molecule has 0 spiro atoms. The lowest BCUT2D eigenvalue weighted by molar-refractivity contribution is -0.129. The Hall–Kier alpha value is -6.93. The van der Waals surface area contributed by atoms with Gasteiger partial charge in [-0.1, -0.05) is 57.2 Å². The summed E-state index contributed by atoms with van der Waals surface area (Å²) in [5.74, 6) is -0.312. The van der Waals surface area contributed by atoms with Crippen LogP contribution in [0, 0.1) is 12.8 Å². The summed E-state index contributed by atoms with van der Waals surface area (Å²) in [6, 6.07) is 28.0. The highest BCUT2D eigenvalue weighted by molar-refractivity contribution is 7.81. The summed E-state index contributed by atoms with van der Waals surface area (Å²) in [5, 5.41) is 5.77. The number of amides is 4. The van der Waals surface area contributed by atoms with Crippen LogP contribution in [-0.2, 0) is 46.9 Å². The van der Waals surface area contributed by atoms with Gasteiger partial charge in [-0.25, -0.2) is 0 Å². The fourth-order valence-corrected chi connectivity index (χ4v) is 9.98. The molecule has 362 valence electrons. The van der Waals surface area contributed by atoms with Crippen molar-refractivity contribution < 1.29 is 38.2 Å². The van der Waals surface area contributed by atoms with E-state index >= 15 is 0 Å². The fraction of sp³-hybridized carbons (Fsp3) is 0.357. The number of aliphatic imine (C=N–C) groups is 1. The van der Waals surface area contributed by atoms with Crippen molar-refractivity contribution in [1.29, 1.82) is 0 Å². The Labute approximate surface area is 414 Å². The first kappa shape index (κ1) is 48.1. The molecule has 14 heteroatoms. The monoisotopic (exact) mass is 961 g/mol. The molecule has 4 aliphatic heterocycles. The summed E-state index contributed by atoms with van der Waals surface area (Å²) in [6.45, 7) is 9.22. The zero-order valence-corrected chi connectivity index (χ0v) is 41.4. The molecular weight excluding hydrogens is 903 g/mol. The van der Waals surface area contributed by atoms with Crippen LogP contribution in [0.4, 0.5) is 22.7 Å². The van der Waals surface area contributed by atoms with Crippen LogP contribution in [-0.4, -0.2) is 65.6 Å². The number of ether oxygens (including phenoxy) is 3. The number of nitrogens with zero attached hydrogens (tertiary/aromatic N) is 3. The van der Waals surface area contributed by atoms with E-state index in [1.165, 1.54) is 5.56 Å². The van der Waals surface area contributed by atoms with Crippen molar-refractivity contribution in [3.63, 3.8) is 0 Å². The number of anilines is 3. The molecule has 4 atom stereocenters. The van der Waals surface area contributed by atoms with Crippen LogP contribution in [0.25, 0.3) is 0 Å². The minimum absolute atomic E-state index is 0.0573. The molecule has 70 heavy (non-hydrogen) atoms. The van der Waals surface area contributed by atoms with E-state index in [2.05, 4.69) is 29.3 Å². The Kier molecular flexibility index (Phi) is 13.6. The van der Waals surface area contributed by atoms with Crippen LogP contribution in [0.5, 0.6) is 17.2 Å². The van der Waals surface area contributed by atoms with Gasteiger partial charge < -0.3 is 29.7 Å². The van der Waals surface area contributed by atoms with Gasteiger partial charge in [0.05, 0.1) is 30.4 Å². The average molecular weight is 962 g/mol. The van der Waals surface area contributed by atoms with Crippen molar-refractivity contribution >= 4 is 71.0 Å². The predicted octanol–water partition coefficient (Wildman–Crippen LogP) is 9.49. The highest BCUT2D eigenvalue weighted by Crippen LogP contribution is 2.42. The lowest BCUT2D eigenvalue weighted by atomic mass is 9.99. The van der Waals surface area contributed by atoms with Crippen molar-refractivity contribution in [2.45, 2.75) is 116 Å². The largest absolute Gasteiger partial charge is 0.493 e. The summed E-state index contributed by atoms with van der Waals surface area (Å²) in [4.78, 5) is 76.2. The number of methoxy groups -OCH3 is 1. The smallest absolute Gasteiger partial charge is 0.261 e. The van der Waals surface area contributed by atoms with Gasteiger partial charge in [-0.3, -0.25) is 33.9 Å². The second-order valence-corrected chi connectivity index (χ2v) is 20.8. The number of aryl methyl sites for hydroxylation is 2. The number of hydrogen-bond donors (Lipinski definition) is 3. The third kappa shape index (κ3) is 10.2. The van der Waals surface area contributed by atoms with Gasteiger partial charge >= 0.3 is 0 Å². The Bertz CT molecular complexity index is 2940. The molecule has 0 bridgehead atoms. The highest BCUT2D eigenvalue weighted by atomic mass is 32.1. The summed E-state index contributed by atoms with van der Waals surface area (Å²) >= 11 is 4.49. The van der Waals surface area contributed by atoms with E-state index in [-0.39, 0.29) is 72.3 Å². The minimum atomic E-state index is -0.763. The van der Waals surface area contributed by atoms with Crippen LogP contribution in [0.3, 0.4) is 0 Å². The third-order valence-electron chi connectivity index (χ3n) is 13.7. The lowest BCUT2D eigenvalue weighted by Gasteiger charge is -2.23. The number of nitrogens with one attached hydrogen (secondary N) is 2. The Morgan fingerprint density at radius 3 is 2.16 bits per heavy atom. The number of benzene rings is 5. The van der Waals surface area contributed by atoms with Crippen LogP contribution >= 0.6 is 12.6 Å². The third-order valence-corrected chi connectivity index (χ3v) is 13.9. The summed E-state index contributed by atoms with van der Waals surface area (Å²) in [7, 11) is 1.55. The van der Waals surface area contributed by atoms with E-state index in [1.54, 1.807) is 33.1 Å². The Morgan fingerprint density at radius 2 is 1.46 bits per heavy atom. The molecule has 4 heterocycles. The standard InChI is InChI=1S/C56H59N5O8S/c1-32-19-44-45(57-29-42-25-39-12-8-10-14-47(39)61(42)55(44)66)28-49(32)68-30-35-21-36(23-40(22-35)59-53(64)33(2)20-48(62)34(3)58-52(63)17-18-56(4,5)70)31-69-51-26-37-15-16-41-24-38-11-7-9-13-46(38)60(41)54(65)43(37)27-50(51)67-6/h7-14,19,21-23,26-29,33-34,41-42,70H,15-18,20,24-25,30-31H2,1-6H3,(H,58,63)(H,59,64)/t33-,34+,41-,42+/m1/s1. The number of carbonyl (C=O) groups excluding carboxylic acids is 5. The van der Waals surface area contributed by atoms with E-state index in [0.717, 1.165) is 40.9 Å². The van der Waals surface area contributed by atoms with Gasteiger partial charge in [0.25, 0.3) is 11.8 Å². The van der Waals surface area contributed by atoms with Crippen LogP contribution in [0.1, 0.15) is 107 Å². The molecule has 0 saturated carbocycles. The SMILES string of the molecule is COc1cc2c(cc1OCc1cc(COc3cc4c(cc3C)C(=O)N3c5ccccc5C[C@H]3C=N4)cc(NC(=O)[C@H](C)CC(=O)[C@H](C)NC(=O)CCC(C)(C)S)c1)CC[C@@H]1Cc3ccccc3N1C2=O. The van der Waals surface area contributed by atoms with Gasteiger partial charge in [-0.15, -0.1) is 0 Å². The maximum Gasteiger partial charge on any atom is 0.261 e. The molecule has 0 radical (unpaired) electrons. The summed E-state index contributed by atoms with van der Waals surface area (Å²) in [6.07, 6.45) is 5.53. The number of hydrogen-bond acceptors (Lipinski definition) is 10. The number of fused-ring (bicyclic) bond motifs is 8. The zero-order chi connectivity index (χ0) is 49.4. The molecule has 0 aromatic heterocycles. The first-order valence-electron chi connectivity index (χ1n) is 24.0. The summed E-state index contributed by atoms with van der Waals surface area (Å²) < 4.78 is 18.5. The van der Waals surface area contributed by atoms with E-state index in [1.807, 2.05) is 110 Å². The average Bonchev–Trinajstić information content (AvgIpc) is 3.83. The number of carbonyl (C=O) groups is 5. The van der Waals surface area contributed by atoms with Gasteiger partial charge in [0.1, 0.15) is 19.0 Å². The van der Waals surface area contributed by atoms with Gasteiger partial charge in [-0.2, -0.15) is 12.6 Å². The Balaban J connectivity index is 0.940. The van der Waals surface area contributed by atoms with Gasteiger partial charge in [-0.05, 0) is 121 Å². The van der Waals surface area contributed by atoms with Crippen LogP contribution in [0.2, 0.25) is 0 Å². The van der Waals surface area contributed by atoms with Crippen molar-refractivity contribution in [3.8, 4) is 17.2 Å². The molecule has 9 rings (SSSR count). The predicted molar refractivity (Wildman–Crippen MR) is 275 cm³/mol. The van der Waals surface area contributed by atoms with Crippen molar-refractivity contribution in [1.82, 2.24) is 5.32 Å². The normalized spacial score (nSPS) is 17.4. The molecule has 13 nitrogen and oxygen atoms in total. The minimum Gasteiger partial charge on any atom is -0.493 e. The molecule has 4 amide bonds. The molecule has 5 aromatic rings. The fourth-order valence-electron chi connectivity index (χ4n) is 9.87. The topological polar surface area (TPSA) is 156 Å². The van der Waals surface area contributed by atoms with Crippen LogP contribution < -0.4 is 34.6 Å². The van der Waals surface area contributed by atoms with E-state index in [9.17, 15) is 24.0 Å². The summed E-state index contributed by atoms with van der Waals surface area (Å²) in [5.41, 5.74) is 9.27. The molecule has 4 aliphatic rings. The molecule has 0 aliphatic carbocycles. The highest BCUT2D eigenvalue weighted by Gasteiger charge is 2.39. The second kappa shape index (κ2) is 19.8. The van der Waals surface area contributed by atoms with Gasteiger partial charge in [0, 0.05) is 70.9 Å². The maximum atomic E-state index is 14.1. The lowest BCUT2D eigenvalue weighted by Crippen LogP contribution is -2.40. The zero-order valence-electron chi connectivity index (χ0n) is 40.5. The molecule has 0 saturated heterocycles. The van der Waals surface area contributed by atoms with Gasteiger partial charge in [0.2, 0.25) is 11.8 Å². The quantitative estimate of drug-likeness (QED) is 0.0827. The molecule has 0 unspecified atom stereocenters. The van der Waals surface area contributed by atoms with Crippen molar-refractivity contribution in [3.05, 3.63) is 136 Å². The van der Waals surface area contributed by atoms with Gasteiger partial charge in [0.15, 0.2) is 17.3 Å². The second-order valence-electron chi connectivity index (χ2n) is 19.6. The number of thiol groups is 1. The number of rotatable bonds is 16. The first-order chi connectivity index (χ1) is 33.5. The van der Waals surface area contributed by atoms with Crippen LogP contribution in [0.15, 0.2) is 96.0 Å². The van der Waals surface area contributed by atoms with E-state index in [4.69, 9.17) is 19.2 Å². The molecule has 2 N–H and O–H groups in total. The molecule has 5 aromatic carbocycles. The first-order valence-corrected chi connectivity index (χ1v) is 24.4.